The van der Waals surface area contributed by atoms with E-state index in [0.717, 1.165) is 0 Å². The standard InChI is InChI=1S/C5H3F8I/c6-3(7)1(14)2(4(8,9)10)5(11,12)13/h1-3H. The summed E-state index contributed by atoms with van der Waals surface area (Å²) in [4.78, 5) is 0. The number of rotatable bonds is 2. The van der Waals surface area contributed by atoms with E-state index < -0.39 is 28.6 Å². The minimum atomic E-state index is -5.71. The summed E-state index contributed by atoms with van der Waals surface area (Å²) in [7, 11) is 0. The Labute approximate surface area is 86.8 Å². The predicted octanol–water partition coefficient (Wildman–Crippen LogP) is 3.80. The molecular formula is C5H3F8I. The molecule has 9 heteroatoms. The molecule has 0 saturated heterocycles. The van der Waals surface area contributed by atoms with Gasteiger partial charge < -0.3 is 0 Å². The van der Waals surface area contributed by atoms with E-state index in [1.54, 1.807) is 0 Å². The lowest BCUT2D eigenvalue weighted by molar-refractivity contribution is -0.287. The molecule has 1 unspecified atom stereocenters. The van der Waals surface area contributed by atoms with Gasteiger partial charge in [-0.25, -0.2) is 8.78 Å². The SMILES string of the molecule is FC(F)C(I)C(C(F)(F)F)C(F)(F)F. The number of hydrogen-bond donors (Lipinski definition) is 0. The van der Waals surface area contributed by atoms with E-state index in [-0.39, 0.29) is 0 Å². The van der Waals surface area contributed by atoms with Crippen LogP contribution in [0.3, 0.4) is 0 Å². The van der Waals surface area contributed by atoms with Gasteiger partial charge in [-0.05, 0) is 0 Å². The van der Waals surface area contributed by atoms with Crippen LogP contribution >= 0.6 is 22.6 Å². The molecule has 0 aliphatic heterocycles. The Balaban J connectivity index is 4.94. The molecule has 0 bridgehead atoms. The van der Waals surface area contributed by atoms with Crippen molar-refractivity contribution < 1.29 is 35.1 Å². The molecule has 0 aromatic rings. The average molecular weight is 342 g/mol. The molecule has 0 amide bonds. The minimum absolute atomic E-state index is 0.454. The van der Waals surface area contributed by atoms with Gasteiger partial charge in [0, 0.05) is 0 Å². The highest BCUT2D eigenvalue weighted by atomic mass is 127. The van der Waals surface area contributed by atoms with Crippen molar-refractivity contribution in [1.29, 1.82) is 0 Å². The van der Waals surface area contributed by atoms with Crippen LogP contribution in [0.15, 0.2) is 0 Å². The van der Waals surface area contributed by atoms with Gasteiger partial charge in [-0.1, -0.05) is 22.6 Å². The maximum Gasteiger partial charge on any atom is 0.401 e. The van der Waals surface area contributed by atoms with E-state index in [4.69, 9.17) is 0 Å². The maximum atomic E-state index is 11.8. The molecule has 0 heterocycles. The first-order valence-corrected chi connectivity index (χ1v) is 4.28. The fourth-order valence-electron chi connectivity index (χ4n) is 0.692. The van der Waals surface area contributed by atoms with Gasteiger partial charge >= 0.3 is 12.4 Å². The van der Waals surface area contributed by atoms with Crippen LogP contribution in [0.5, 0.6) is 0 Å². The van der Waals surface area contributed by atoms with E-state index in [9.17, 15) is 35.1 Å². The summed E-state index contributed by atoms with van der Waals surface area (Å²) in [6, 6.07) is 0. The Bertz CT molecular complexity index is 167. The second-order valence-corrected chi connectivity index (χ2v) is 3.78. The molecule has 0 aliphatic carbocycles. The van der Waals surface area contributed by atoms with E-state index in [0.29, 0.717) is 22.6 Å². The van der Waals surface area contributed by atoms with Crippen molar-refractivity contribution >= 4 is 22.6 Å². The lowest BCUT2D eigenvalue weighted by Gasteiger charge is -2.26. The summed E-state index contributed by atoms with van der Waals surface area (Å²) in [5.74, 6) is -3.99. The van der Waals surface area contributed by atoms with Crippen LogP contribution in [-0.2, 0) is 0 Å². The molecule has 0 rings (SSSR count). The zero-order valence-corrected chi connectivity index (χ0v) is 8.29. The van der Waals surface area contributed by atoms with Crippen molar-refractivity contribution in [3.05, 3.63) is 0 Å². The molecule has 1 atom stereocenters. The highest BCUT2D eigenvalue weighted by Crippen LogP contribution is 2.45. The number of alkyl halides is 9. The molecule has 0 aromatic heterocycles. The van der Waals surface area contributed by atoms with Crippen molar-refractivity contribution in [2.75, 3.05) is 0 Å². The van der Waals surface area contributed by atoms with Crippen LogP contribution in [0, 0.1) is 5.92 Å². The molecule has 0 fully saturated rings. The van der Waals surface area contributed by atoms with Gasteiger partial charge in [0.25, 0.3) is 6.43 Å². The van der Waals surface area contributed by atoms with E-state index >= 15 is 0 Å². The van der Waals surface area contributed by atoms with Crippen molar-refractivity contribution in [2.45, 2.75) is 22.7 Å². The van der Waals surface area contributed by atoms with Gasteiger partial charge in [0.2, 0.25) is 0 Å². The molecule has 0 aromatic carbocycles. The van der Waals surface area contributed by atoms with Gasteiger partial charge in [0.1, 0.15) is 0 Å². The first-order chi connectivity index (χ1) is 5.98. The summed E-state index contributed by atoms with van der Waals surface area (Å²) in [6.45, 7) is 0. The van der Waals surface area contributed by atoms with Crippen molar-refractivity contribution in [3.63, 3.8) is 0 Å². The third-order valence-electron chi connectivity index (χ3n) is 1.26. The van der Waals surface area contributed by atoms with Gasteiger partial charge in [-0.2, -0.15) is 26.3 Å². The third-order valence-corrected chi connectivity index (χ3v) is 2.53. The molecule has 0 saturated carbocycles. The van der Waals surface area contributed by atoms with Crippen LogP contribution < -0.4 is 0 Å². The monoisotopic (exact) mass is 342 g/mol. The molecule has 0 N–H and O–H groups in total. The molecule has 0 spiro atoms. The van der Waals surface area contributed by atoms with Gasteiger partial charge in [0.15, 0.2) is 5.92 Å². The minimum Gasteiger partial charge on any atom is -0.209 e. The Morgan fingerprint density at radius 2 is 1.07 bits per heavy atom. The summed E-state index contributed by atoms with van der Waals surface area (Å²) < 4.78 is 91.2. The first kappa shape index (κ1) is 14.2. The average Bonchev–Trinajstić information content (AvgIpc) is 1.79. The second kappa shape index (κ2) is 4.35. The number of hydrogen-bond acceptors (Lipinski definition) is 0. The summed E-state index contributed by atoms with van der Waals surface area (Å²) >= 11 is 0.454. The quantitative estimate of drug-likeness (QED) is 0.407. The fraction of sp³-hybridized carbons (Fsp3) is 1.00. The molecule has 0 aliphatic rings. The van der Waals surface area contributed by atoms with Crippen LogP contribution in [0.4, 0.5) is 35.1 Å². The zero-order chi connectivity index (χ0) is 11.7. The topological polar surface area (TPSA) is 0 Å². The Hall–Kier alpha value is 0.170. The lowest BCUT2D eigenvalue weighted by Crippen LogP contribution is -2.45. The van der Waals surface area contributed by atoms with Crippen molar-refractivity contribution in [1.82, 2.24) is 0 Å². The van der Waals surface area contributed by atoms with Gasteiger partial charge in [-0.3, -0.25) is 0 Å². The lowest BCUT2D eigenvalue weighted by atomic mass is 10.1. The Kier molecular flexibility index (Phi) is 4.41. The second-order valence-electron chi connectivity index (χ2n) is 2.34. The molecule has 86 valence electrons. The molecule has 0 nitrogen and oxygen atoms in total. The molecular weight excluding hydrogens is 339 g/mol. The molecule has 0 radical (unpaired) electrons. The highest BCUT2D eigenvalue weighted by molar-refractivity contribution is 14.1. The van der Waals surface area contributed by atoms with Gasteiger partial charge in [-0.15, -0.1) is 0 Å². The summed E-state index contributed by atoms with van der Waals surface area (Å²) in [6.07, 6.45) is -15.1. The summed E-state index contributed by atoms with van der Waals surface area (Å²) in [5, 5.41) is 0. The van der Waals surface area contributed by atoms with Crippen LogP contribution in [0.1, 0.15) is 0 Å². The van der Waals surface area contributed by atoms with E-state index in [1.807, 2.05) is 0 Å². The van der Waals surface area contributed by atoms with Crippen LogP contribution in [0.2, 0.25) is 0 Å². The van der Waals surface area contributed by atoms with Crippen molar-refractivity contribution in [3.8, 4) is 0 Å². The number of halogens is 9. The first-order valence-electron chi connectivity index (χ1n) is 3.03. The molecule has 14 heavy (non-hydrogen) atoms. The van der Waals surface area contributed by atoms with E-state index in [1.165, 1.54) is 0 Å². The smallest absolute Gasteiger partial charge is 0.209 e. The predicted molar refractivity (Wildman–Crippen MR) is 39.4 cm³/mol. The zero-order valence-electron chi connectivity index (χ0n) is 6.13. The maximum absolute atomic E-state index is 11.8. The Morgan fingerprint density at radius 3 is 1.14 bits per heavy atom. The van der Waals surface area contributed by atoms with Gasteiger partial charge in [0.05, 0.1) is 3.92 Å². The van der Waals surface area contributed by atoms with Crippen LogP contribution in [0.25, 0.3) is 0 Å². The summed E-state index contributed by atoms with van der Waals surface area (Å²) in [5.41, 5.74) is 0. The van der Waals surface area contributed by atoms with Crippen molar-refractivity contribution in [2.24, 2.45) is 5.92 Å². The largest absolute Gasteiger partial charge is 0.401 e. The fourth-order valence-corrected chi connectivity index (χ4v) is 1.51. The normalized spacial score (nSPS) is 16.5. The van der Waals surface area contributed by atoms with Crippen LogP contribution in [-0.4, -0.2) is 22.7 Å². The third kappa shape index (κ3) is 3.73. The highest BCUT2D eigenvalue weighted by Gasteiger charge is 2.61. The van der Waals surface area contributed by atoms with E-state index in [2.05, 4.69) is 0 Å². The Morgan fingerprint density at radius 1 is 0.786 bits per heavy atom.